The number of likely N-dealkylation sites (N-methyl/N-ethyl adjacent to an activating group) is 1. The van der Waals surface area contributed by atoms with Gasteiger partial charge < -0.3 is 24.0 Å². The van der Waals surface area contributed by atoms with Gasteiger partial charge in [-0.1, -0.05) is 151 Å². The number of allylic oxidation sites excluding steroid dienone is 11. The zero-order chi connectivity index (χ0) is 45.1. The Morgan fingerprint density at radius 1 is 0.574 bits per heavy atom. The number of esters is 2. The second-order valence-electron chi connectivity index (χ2n) is 17.0. The quantitative estimate of drug-likeness (QED) is 0.0202. The Bertz CT molecular complexity index is 1280. The second-order valence-corrected chi connectivity index (χ2v) is 18.4. The maximum atomic E-state index is 12.7. The summed E-state index contributed by atoms with van der Waals surface area (Å²) in [6, 6.07) is 0. The first-order valence-electron chi connectivity index (χ1n) is 23.7. The van der Waals surface area contributed by atoms with Crippen molar-refractivity contribution < 1.29 is 47.2 Å². The van der Waals surface area contributed by atoms with E-state index in [1.165, 1.54) is 57.8 Å². The van der Waals surface area contributed by atoms with Crippen molar-refractivity contribution in [3.63, 3.8) is 0 Å². The number of nitrogens with zero attached hydrogens (tertiary/aromatic N) is 1. The van der Waals surface area contributed by atoms with E-state index in [-0.39, 0.29) is 32.2 Å². The lowest BCUT2D eigenvalue weighted by atomic mass is 10.1. The number of phosphoric ester groups is 1. The number of carbonyl (C=O) groups excluding carboxylic acids is 2. The summed E-state index contributed by atoms with van der Waals surface area (Å²) in [5.74, 6) is -0.893. The minimum absolute atomic E-state index is 0.0128. The average molecular weight is 879 g/mol. The Balaban J connectivity index is 4.43. The first kappa shape index (κ1) is 58.4. The molecule has 3 atom stereocenters. The Morgan fingerprint density at radius 3 is 1.59 bits per heavy atom. The minimum atomic E-state index is -4.40. The highest BCUT2D eigenvalue weighted by atomic mass is 31.2. The van der Waals surface area contributed by atoms with Crippen molar-refractivity contribution in [3.05, 3.63) is 72.9 Å². The number of hydrogen-bond donors (Lipinski definition) is 2. The number of rotatable bonds is 42. The number of aliphatic hydroxyl groups is 1. The Labute approximate surface area is 372 Å². The summed E-state index contributed by atoms with van der Waals surface area (Å²) in [6.07, 6.45) is 48.7. The molecule has 0 bridgehead atoms. The average Bonchev–Trinajstić information content (AvgIpc) is 3.20. The van der Waals surface area contributed by atoms with Crippen molar-refractivity contribution >= 4 is 19.8 Å². The molecule has 0 aromatic heterocycles. The Morgan fingerprint density at radius 2 is 1.05 bits per heavy atom. The minimum Gasteiger partial charge on any atom is -0.462 e. The third-order valence-electron chi connectivity index (χ3n) is 9.76. The monoisotopic (exact) mass is 879 g/mol. The van der Waals surface area contributed by atoms with Crippen molar-refractivity contribution in [3.8, 4) is 0 Å². The van der Waals surface area contributed by atoms with Crippen LogP contribution in [-0.4, -0.2) is 86.1 Å². The maximum Gasteiger partial charge on any atom is 0.472 e. The van der Waals surface area contributed by atoms with Gasteiger partial charge in [-0.3, -0.25) is 18.6 Å². The second kappa shape index (κ2) is 41.4. The standard InChI is InChI=1S/C50H88NO9P/c1-6-8-9-10-11-12-13-14-15-16-17-18-19-22-26-29-32-35-38-42-50(54)60-48(46-59-61(55,56)58-44-43-51(3,4)5)45-57-49(53)41-37-34-31-28-25-23-20-21-24-27-30-33-36-40-47(52)39-7-2/h11-12,14-15,20,23-24,27-28,31,33,36,47-48,52H,6-10,13,16-19,21-22,25-26,29-30,32,34-35,37-46H2,1-5H3/p+1/b12-11-,15-14-,23-20-,27-24-,31-28-,36-33-/t47?,48-/m1/s1. The van der Waals surface area contributed by atoms with Crippen LogP contribution >= 0.6 is 7.82 Å². The van der Waals surface area contributed by atoms with Crippen LogP contribution in [0.1, 0.15) is 174 Å². The highest BCUT2D eigenvalue weighted by molar-refractivity contribution is 7.47. The van der Waals surface area contributed by atoms with E-state index >= 15 is 0 Å². The van der Waals surface area contributed by atoms with Gasteiger partial charge in [0, 0.05) is 12.8 Å². The predicted molar refractivity (Wildman–Crippen MR) is 253 cm³/mol. The maximum absolute atomic E-state index is 12.7. The summed E-state index contributed by atoms with van der Waals surface area (Å²) in [7, 11) is 1.41. The van der Waals surface area contributed by atoms with E-state index in [9.17, 15) is 24.2 Å². The third kappa shape index (κ3) is 45.3. The van der Waals surface area contributed by atoms with Gasteiger partial charge in [0.1, 0.15) is 19.8 Å². The Hall–Kier alpha value is -2.59. The number of carbonyl (C=O) groups is 2. The molecule has 0 fully saturated rings. The van der Waals surface area contributed by atoms with Gasteiger partial charge in [-0.05, 0) is 83.5 Å². The fourth-order valence-electron chi connectivity index (χ4n) is 6.05. The van der Waals surface area contributed by atoms with E-state index < -0.39 is 32.5 Å². The van der Waals surface area contributed by atoms with Crippen LogP contribution in [0.3, 0.4) is 0 Å². The number of aliphatic hydroxyl groups excluding tert-OH is 1. The molecule has 352 valence electrons. The fourth-order valence-corrected chi connectivity index (χ4v) is 6.79. The molecule has 0 saturated heterocycles. The molecule has 0 aromatic carbocycles. The van der Waals surface area contributed by atoms with E-state index in [4.69, 9.17) is 18.5 Å². The van der Waals surface area contributed by atoms with Gasteiger partial charge in [0.25, 0.3) is 0 Å². The number of phosphoric acid groups is 1. The summed E-state index contributed by atoms with van der Waals surface area (Å²) >= 11 is 0. The summed E-state index contributed by atoms with van der Waals surface area (Å²) in [4.78, 5) is 35.4. The molecular formula is C50H89NO9P+. The summed E-state index contributed by atoms with van der Waals surface area (Å²) in [6.45, 7) is 4.11. The van der Waals surface area contributed by atoms with Crippen LogP contribution < -0.4 is 0 Å². The van der Waals surface area contributed by atoms with Crippen molar-refractivity contribution in [1.82, 2.24) is 0 Å². The molecule has 0 aromatic rings. The zero-order valence-electron chi connectivity index (χ0n) is 39.2. The first-order chi connectivity index (χ1) is 29.4. The molecule has 0 spiro atoms. The highest BCUT2D eigenvalue weighted by Crippen LogP contribution is 2.43. The van der Waals surface area contributed by atoms with Crippen LogP contribution in [0.4, 0.5) is 0 Å². The van der Waals surface area contributed by atoms with Crippen LogP contribution in [0.5, 0.6) is 0 Å². The molecule has 10 nitrogen and oxygen atoms in total. The van der Waals surface area contributed by atoms with Crippen molar-refractivity contribution in [2.75, 3.05) is 47.5 Å². The largest absolute Gasteiger partial charge is 0.472 e. The molecular weight excluding hydrogens is 790 g/mol. The van der Waals surface area contributed by atoms with Gasteiger partial charge in [-0.2, -0.15) is 0 Å². The predicted octanol–water partition coefficient (Wildman–Crippen LogP) is 12.8. The smallest absolute Gasteiger partial charge is 0.462 e. The summed E-state index contributed by atoms with van der Waals surface area (Å²) in [5, 5.41) is 9.74. The molecule has 0 saturated carbocycles. The molecule has 0 radical (unpaired) electrons. The lowest BCUT2D eigenvalue weighted by molar-refractivity contribution is -0.870. The SMILES string of the molecule is CCCCC/C=C\C/C=C\CCCCCCCCCCCC(=O)O[C@H](COC(=O)CCC/C=C\C/C=C\C/C=C\C/C=C\CC(O)CCC)COP(=O)(O)OCC[N+](C)(C)C. The Kier molecular flexibility index (Phi) is 39.7. The van der Waals surface area contributed by atoms with E-state index in [0.717, 1.165) is 70.6 Å². The number of ether oxygens (including phenoxy) is 2. The molecule has 11 heteroatoms. The van der Waals surface area contributed by atoms with Crippen LogP contribution in [-0.2, 0) is 32.7 Å². The highest BCUT2D eigenvalue weighted by Gasteiger charge is 2.27. The van der Waals surface area contributed by atoms with Crippen LogP contribution in [0, 0.1) is 0 Å². The molecule has 0 aliphatic rings. The van der Waals surface area contributed by atoms with Gasteiger partial charge in [0.15, 0.2) is 6.10 Å². The van der Waals surface area contributed by atoms with E-state index in [1.54, 1.807) is 0 Å². The molecule has 0 heterocycles. The van der Waals surface area contributed by atoms with E-state index in [2.05, 4.69) is 74.6 Å². The lowest BCUT2D eigenvalue weighted by Gasteiger charge is -2.24. The molecule has 0 rings (SSSR count). The third-order valence-corrected chi connectivity index (χ3v) is 10.7. The molecule has 61 heavy (non-hydrogen) atoms. The zero-order valence-corrected chi connectivity index (χ0v) is 40.1. The van der Waals surface area contributed by atoms with Gasteiger partial charge in [-0.15, -0.1) is 0 Å². The molecule has 2 N–H and O–H groups in total. The van der Waals surface area contributed by atoms with Crippen LogP contribution in [0.15, 0.2) is 72.9 Å². The normalized spacial score (nSPS) is 14.7. The number of quaternary nitrogens is 1. The number of hydrogen-bond acceptors (Lipinski definition) is 8. The van der Waals surface area contributed by atoms with Crippen LogP contribution in [0.25, 0.3) is 0 Å². The molecule has 0 aliphatic heterocycles. The fraction of sp³-hybridized carbons (Fsp3) is 0.720. The van der Waals surface area contributed by atoms with Crippen molar-refractivity contribution in [2.24, 2.45) is 0 Å². The lowest BCUT2D eigenvalue weighted by Crippen LogP contribution is -2.37. The first-order valence-corrected chi connectivity index (χ1v) is 25.2. The molecule has 0 aliphatic carbocycles. The molecule has 0 amide bonds. The summed E-state index contributed by atoms with van der Waals surface area (Å²) < 4.78 is 34.3. The van der Waals surface area contributed by atoms with Gasteiger partial charge in [0.05, 0.1) is 33.9 Å². The van der Waals surface area contributed by atoms with Gasteiger partial charge >= 0.3 is 19.8 Å². The topological polar surface area (TPSA) is 129 Å². The van der Waals surface area contributed by atoms with E-state index in [0.29, 0.717) is 30.3 Å². The van der Waals surface area contributed by atoms with Crippen LogP contribution in [0.2, 0.25) is 0 Å². The van der Waals surface area contributed by atoms with Crippen molar-refractivity contribution in [1.29, 1.82) is 0 Å². The van der Waals surface area contributed by atoms with E-state index in [1.807, 2.05) is 33.3 Å². The number of unbranched alkanes of at least 4 members (excludes halogenated alkanes) is 13. The summed E-state index contributed by atoms with van der Waals surface area (Å²) in [5.41, 5.74) is 0. The van der Waals surface area contributed by atoms with Crippen molar-refractivity contribution in [2.45, 2.75) is 187 Å². The van der Waals surface area contributed by atoms with Gasteiger partial charge in [0.2, 0.25) is 0 Å². The molecule has 2 unspecified atom stereocenters. The van der Waals surface area contributed by atoms with Gasteiger partial charge in [-0.25, -0.2) is 4.57 Å².